The highest BCUT2D eigenvalue weighted by Gasteiger charge is 2.15. The summed E-state index contributed by atoms with van der Waals surface area (Å²) in [7, 11) is 0. The molecule has 0 atom stereocenters. The normalized spacial score (nSPS) is 10.8. The molecule has 0 aliphatic carbocycles. The van der Waals surface area contributed by atoms with Crippen LogP contribution in [0.1, 0.15) is 10.4 Å². The van der Waals surface area contributed by atoms with Crippen molar-refractivity contribution < 1.29 is 0 Å². The van der Waals surface area contributed by atoms with Gasteiger partial charge in [0.25, 0.3) is 0 Å². The topological polar surface area (TPSA) is 0 Å². The van der Waals surface area contributed by atoms with Gasteiger partial charge in [0.15, 0.2) is 0 Å². The van der Waals surface area contributed by atoms with Gasteiger partial charge in [0.05, 0.1) is 10.0 Å². The number of alkyl halides is 2. The van der Waals surface area contributed by atoms with Crippen molar-refractivity contribution in [1.82, 2.24) is 0 Å². The van der Waals surface area contributed by atoms with E-state index in [0.717, 1.165) is 0 Å². The van der Waals surface area contributed by atoms with Gasteiger partial charge in [-0.3, -0.25) is 0 Å². The molecule has 0 aliphatic rings. The predicted octanol–water partition coefficient (Wildman–Crippen LogP) is 5.12. The van der Waals surface area contributed by atoms with Gasteiger partial charge in [-0.15, -0.1) is 0 Å². The SMILES string of the molecule is Clc1ccc(Cl)c(C(Cl)Cl)c1Cl. The molecule has 66 valence electrons. The van der Waals surface area contributed by atoms with Crippen LogP contribution in [-0.2, 0) is 0 Å². The maximum absolute atomic E-state index is 5.81. The zero-order valence-corrected chi connectivity index (χ0v) is 9.40. The van der Waals surface area contributed by atoms with Crippen LogP contribution in [-0.4, -0.2) is 0 Å². The highest BCUT2D eigenvalue weighted by atomic mass is 35.5. The molecule has 0 unspecified atom stereocenters. The van der Waals surface area contributed by atoms with Crippen LogP contribution >= 0.6 is 58.0 Å². The molecule has 1 aromatic rings. The molecule has 0 aliphatic heterocycles. The third-order valence-electron chi connectivity index (χ3n) is 1.30. The van der Waals surface area contributed by atoms with Crippen LogP contribution in [0.3, 0.4) is 0 Å². The van der Waals surface area contributed by atoms with Crippen LogP contribution in [0.2, 0.25) is 15.1 Å². The van der Waals surface area contributed by atoms with E-state index in [0.29, 0.717) is 20.6 Å². The van der Waals surface area contributed by atoms with Gasteiger partial charge in [0.1, 0.15) is 4.84 Å². The van der Waals surface area contributed by atoms with E-state index in [1.807, 2.05) is 0 Å². The molecule has 0 radical (unpaired) electrons. The summed E-state index contributed by atoms with van der Waals surface area (Å²) in [5, 5.41) is 1.11. The van der Waals surface area contributed by atoms with Crippen molar-refractivity contribution in [3.8, 4) is 0 Å². The Morgan fingerprint density at radius 1 is 0.917 bits per heavy atom. The fourth-order valence-corrected chi connectivity index (χ4v) is 2.17. The van der Waals surface area contributed by atoms with Crippen molar-refractivity contribution in [2.75, 3.05) is 0 Å². The third kappa shape index (κ3) is 2.12. The van der Waals surface area contributed by atoms with Crippen LogP contribution in [0.5, 0.6) is 0 Å². The first kappa shape index (κ1) is 10.7. The summed E-state index contributed by atoms with van der Waals surface area (Å²) in [6.07, 6.45) is 0. The summed E-state index contributed by atoms with van der Waals surface area (Å²) in [6, 6.07) is 3.19. The van der Waals surface area contributed by atoms with Gasteiger partial charge >= 0.3 is 0 Å². The number of rotatable bonds is 1. The Labute approximate surface area is 95.3 Å². The zero-order chi connectivity index (χ0) is 9.30. The van der Waals surface area contributed by atoms with E-state index in [1.54, 1.807) is 12.1 Å². The molecule has 0 fully saturated rings. The van der Waals surface area contributed by atoms with Gasteiger partial charge in [-0.1, -0.05) is 58.0 Å². The lowest BCUT2D eigenvalue weighted by atomic mass is 10.2. The average molecular weight is 264 g/mol. The molecular formula is C7H3Cl5. The van der Waals surface area contributed by atoms with Crippen molar-refractivity contribution >= 4 is 58.0 Å². The lowest BCUT2D eigenvalue weighted by Gasteiger charge is -2.07. The molecule has 0 aromatic heterocycles. The van der Waals surface area contributed by atoms with Gasteiger partial charge in [0, 0.05) is 10.6 Å². The monoisotopic (exact) mass is 262 g/mol. The zero-order valence-electron chi connectivity index (χ0n) is 5.62. The summed E-state index contributed by atoms with van der Waals surface area (Å²) in [5.74, 6) is 0. The molecule has 5 heteroatoms. The lowest BCUT2D eigenvalue weighted by molar-refractivity contribution is 1.35. The molecule has 1 aromatic carbocycles. The molecular weight excluding hydrogens is 261 g/mol. The standard InChI is InChI=1S/C7H3Cl5/c8-3-1-2-4(9)6(10)5(3)7(11)12/h1-2,7H. The second-order valence-electron chi connectivity index (χ2n) is 2.06. The molecule has 0 amide bonds. The van der Waals surface area contributed by atoms with Crippen LogP contribution in [0, 0.1) is 0 Å². The average Bonchev–Trinajstić information content (AvgIpc) is 1.97. The molecule has 0 nitrogen and oxygen atoms in total. The molecule has 0 saturated heterocycles. The summed E-state index contributed by atoms with van der Waals surface area (Å²) >= 11 is 28.6. The first-order valence-corrected chi connectivity index (χ1v) is 4.96. The predicted molar refractivity (Wildman–Crippen MR) is 55.9 cm³/mol. The van der Waals surface area contributed by atoms with Gasteiger partial charge in [-0.05, 0) is 12.1 Å². The maximum atomic E-state index is 5.81. The Balaban J connectivity index is 3.33. The minimum Gasteiger partial charge on any atom is -0.0999 e. The van der Waals surface area contributed by atoms with Crippen LogP contribution in [0.25, 0.3) is 0 Å². The van der Waals surface area contributed by atoms with Gasteiger partial charge in [-0.25, -0.2) is 0 Å². The van der Waals surface area contributed by atoms with Crippen molar-refractivity contribution in [2.45, 2.75) is 4.84 Å². The Morgan fingerprint density at radius 3 is 1.83 bits per heavy atom. The number of hydrogen-bond acceptors (Lipinski definition) is 0. The van der Waals surface area contributed by atoms with Crippen molar-refractivity contribution in [2.24, 2.45) is 0 Å². The first-order chi connectivity index (χ1) is 5.54. The number of benzene rings is 1. The number of hydrogen-bond donors (Lipinski definition) is 0. The van der Waals surface area contributed by atoms with Gasteiger partial charge < -0.3 is 0 Å². The molecule has 0 saturated carbocycles. The quantitative estimate of drug-likeness (QED) is 0.487. The van der Waals surface area contributed by atoms with Crippen molar-refractivity contribution in [3.05, 3.63) is 32.8 Å². The molecule has 0 N–H and O–H groups in total. The Hall–Kier alpha value is 0.670. The number of halogens is 5. The Bertz CT molecular complexity index is 294. The minimum atomic E-state index is -0.760. The van der Waals surface area contributed by atoms with E-state index < -0.39 is 4.84 Å². The minimum absolute atomic E-state index is 0.305. The van der Waals surface area contributed by atoms with E-state index >= 15 is 0 Å². The Morgan fingerprint density at radius 2 is 1.42 bits per heavy atom. The van der Waals surface area contributed by atoms with Gasteiger partial charge in [-0.2, -0.15) is 0 Å². The van der Waals surface area contributed by atoms with E-state index in [2.05, 4.69) is 0 Å². The summed E-state index contributed by atoms with van der Waals surface area (Å²) in [5.41, 5.74) is 0.453. The molecule has 12 heavy (non-hydrogen) atoms. The van der Waals surface area contributed by atoms with E-state index in [4.69, 9.17) is 58.0 Å². The first-order valence-electron chi connectivity index (χ1n) is 2.95. The van der Waals surface area contributed by atoms with E-state index in [9.17, 15) is 0 Å². The highest BCUT2D eigenvalue weighted by molar-refractivity contribution is 6.49. The fraction of sp³-hybridized carbons (Fsp3) is 0.143. The second-order valence-corrected chi connectivity index (χ2v) is 4.35. The third-order valence-corrected chi connectivity index (χ3v) is 2.88. The summed E-state index contributed by atoms with van der Waals surface area (Å²) in [4.78, 5) is -0.760. The van der Waals surface area contributed by atoms with E-state index in [-0.39, 0.29) is 0 Å². The second kappa shape index (κ2) is 4.26. The van der Waals surface area contributed by atoms with Crippen molar-refractivity contribution in [1.29, 1.82) is 0 Å². The summed E-state index contributed by atoms with van der Waals surface area (Å²) < 4.78 is 0. The Kier molecular flexibility index (Phi) is 3.81. The maximum Gasteiger partial charge on any atom is 0.135 e. The van der Waals surface area contributed by atoms with Crippen LogP contribution < -0.4 is 0 Å². The van der Waals surface area contributed by atoms with Crippen molar-refractivity contribution in [3.63, 3.8) is 0 Å². The molecule has 0 bridgehead atoms. The molecule has 0 spiro atoms. The van der Waals surface area contributed by atoms with Gasteiger partial charge in [0.2, 0.25) is 0 Å². The van der Waals surface area contributed by atoms with E-state index in [1.165, 1.54) is 0 Å². The largest absolute Gasteiger partial charge is 0.135 e. The molecule has 0 heterocycles. The molecule has 1 rings (SSSR count). The van der Waals surface area contributed by atoms with Crippen LogP contribution in [0.4, 0.5) is 0 Å². The highest BCUT2D eigenvalue weighted by Crippen LogP contribution is 2.39. The fourth-order valence-electron chi connectivity index (χ4n) is 0.743. The summed E-state index contributed by atoms with van der Waals surface area (Å²) in [6.45, 7) is 0. The van der Waals surface area contributed by atoms with Crippen LogP contribution in [0.15, 0.2) is 12.1 Å². The smallest absolute Gasteiger partial charge is 0.0999 e. The lowest BCUT2D eigenvalue weighted by Crippen LogP contribution is -1.86.